The van der Waals surface area contributed by atoms with E-state index >= 15 is 0 Å². The quantitative estimate of drug-likeness (QED) is 0.636. The number of hydrogen-bond donors (Lipinski definition) is 0. The van der Waals surface area contributed by atoms with Crippen LogP contribution in [-0.2, 0) is 4.74 Å². The topological polar surface area (TPSA) is 32.8 Å². The third-order valence-corrected chi connectivity index (χ3v) is 6.42. The van der Waals surface area contributed by atoms with Gasteiger partial charge >= 0.3 is 6.09 Å². The summed E-state index contributed by atoms with van der Waals surface area (Å²) in [7, 11) is 0. The number of carbonyl (C=O) groups is 1. The van der Waals surface area contributed by atoms with E-state index in [0.29, 0.717) is 13.1 Å². The fraction of sp³-hybridized carbons (Fsp3) is 0.458. The molecule has 3 rings (SSSR count). The van der Waals surface area contributed by atoms with Gasteiger partial charge in [0, 0.05) is 36.0 Å². The van der Waals surface area contributed by atoms with Crippen LogP contribution in [-0.4, -0.2) is 42.8 Å². The smallest absolute Gasteiger partial charge is 0.410 e. The Labute approximate surface area is 179 Å². The highest BCUT2D eigenvalue weighted by molar-refractivity contribution is 7.99. The van der Waals surface area contributed by atoms with Crippen LogP contribution in [0.25, 0.3) is 0 Å². The van der Waals surface area contributed by atoms with Crippen LogP contribution in [0.1, 0.15) is 37.5 Å². The minimum absolute atomic E-state index is 0.216. The first-order valence-corrected chi connectivity index (χ1v) is 11.0. The van der Waals surface area contributed by atoms with E-state index < -0.39 is 5.60 Å². The van der Waals surface area contributed by atoms with Crippen molar-refractivity contribution in [2.45, 2.75) is 56.9 Å². The monoisotopic (exact) mass is 412 g/mol. The molecule has 5 heteroatoms. The Morgan fingerprint density at radius 1 is 0.966 bits per heavy atom. The first-order valence-electron chi connectivity index (χ1n) is 10.2. The summed E-state index contributed by atoms with van der Waals surface area (Å²) in [6, 6.07) is 13.1. The fourth-order valence-corrected chi connectivity index (χ4v) is 4.61. The van der Waals surface area contributed by atoms with Crippen molar-refractivity contribution in [3.63, 3.8) is 0 Å². The van der Waals surface area contributed by atoms with Gasteiger partial charge in [-0.05, 0) is 64.8 Å². The van der Waals surface area contributed by atoms with Gasteiger partial charge in [0.25, 0.3) is 0 Å². The van der Waals surface area contributed by atoms with Crippen LogP contribution in [0.4, 0.5) is 10.5 Å². The van der Waals surface area contributed by atoms with E-state index in [9.17, 15) is 4.79 Å². The number of rotatable bonds is 3. The lowest BCUT2D eigenvalue weighted by molar-refractivity contribution is 0.0240. The first kappa shape index (κ1) is 21.6. The van der Waals surface area contributed by atoms with Gasteiger partial charge < -0.3 is 14.5 Å². The van der Waals surface area contributed by atoms with Gasteiger partial charge in [-0.15, -0.1) is 0 Å². The zero-order valence-electron chi connectivity index (χ0n) is 18.4. The minimum atomic E-state index is -0.458. The fourth-order valence-electron chi connectivity index (χ4n) is 3.50. The molecule has 0 N–H and O–H groups in total. The van der Waals surface area contributed by atoms with E-state index in [1.807, 2.05) is 37.4 Å². The standard InChI is InChI=1S/C24H32N2O2S/c1-17-10-11-21(19(3)16-17)29-22-18(2)8-7-9-20(22)25-12-14-26(15-13-25)23(27)28-24(4,5)6/h7-11,16H,12-15H2,1-6H3. The van der Waals surface area contributed by atoms with Gasteiger partial charge in [0.15, 0.2) is 0 Å². The molecule has 1 aliphatic rings. The average Bonchev–Trinajstić information content (AvgIpc) is 2.64. The summed E-state index contributed by atoms with van der Waals surface area (Å²) in [5.41, 5.74) is 4.66. The van der Waals surface area contributed by atoms with Crippen LogP contribution >= 0.6 is 11.8 Å². The number of ether oxygens (including phenoxy) is 1. The average molecular weight is 413 g/mol. The number of benzene rings is 2. The van der Waals surface area contributed by atoms with Gasteiger partial charge in [-0.2, -0.15) is 0 Å². The summed E-state index contributed by atoms with van der Waals surface area (Å²) in [6.45, 7) is 15.2. The largest absolute Gasteiger partial charge is 0.444 e. The number of anilines is 1. The predicted molar refractivity (Wildman–Crippen MR) is 121 cm³/mol. The molecule has 4 nitrogen and oxygen atoms in total. The molecule has 0 saturated carbocycles. The number of aryl methyl sites for hydroxylation is 3. The Kier molecular flexibility index (Phi) is 6.47. The van der Waals surface area contributed by atoms with Gasteiger partial charge in [-0.1, -0.05) is 41.6 Å². The SMILES string of the molecule is Cc1ccc(Sc2c(C)cccc2N2CCN(C(=O)OC(C)(C)C)CC2)c(C)c1. The van der Waals surface area contributed by atoms with Crippen LogP contribution < -0.4 is 4.90 Å². The van der Waals surface area contributed by atoms with Crippen molar-refractivity contribution in [1.29, 1.82) is 0 Å². The van der Waals surface area contributed by atoms with Crippen molar-refractivity contribution < 1.29 is 9.53 Å². The first-order chi connectivity index (χ1) is 13.6. The summed E-state index contributed by atoms with van der Waals surface area (Å²) in [5.74, 6) is 0. The summed E-state index contributed by atoms with van der Waals surface area (Å²) >= 11 is 1.84. The lowest BCUT2D eigenvalue weighted by atomic mass is 10.2. The van der Waals surface area contributed by atoms with E-state index in [2.05, 4.69) is 62.1 Å². The van der Waals surface area contributed by atoms with Crippen molar-refractivity contribution in [1.82, 2.24) is 4.90 Å². The number of nitrogens with zero attached hydrogens (tertiary/aromatic N) is 2. The predicted octanol–water partition coefficient (Wildman–Crippen LogP) is 5.82. The van der Waals surface area contributed by atoms with Crippen molar-refractivity contribution in [2.24, 2.45) is 0 Å². The molecule has 29 heavy (non-hydrogen) atoms. The summed E-state index contributed by atoms with van der Waals surface area (Å²) in [6.07, 6.45) is -0.216. The molecule has 1 amide bonds. The van der Waals surface area contributed by atoms with Gasteiger partial charge in [0.2, 0.25) is 0 Å². The van der Waals surface area contributed by atoms with Gasteiger partial charge in [0.1, 0.15) is 5.60 Å². The molecule has 0 unspecified atom stereocenters. The van der Waals surface area contributed by atoms with Crippen LogP contribution in [0.15, 0.2) is 46.2 Å². The Morgan fingerprint density at radius 2 is 1.66 bits per heavy atom. The lowest BCUT2D eigenvalue weighted by Crippen LogP contribution is -2.50. The summed E-state index contributed by atoms with van der Waals surface area (Å²) in [5, 5.41) is 0. The summed E-state index contributed by atoms with van der Waals surface area (Å²) < 4.78 is 5.53. The maximum absolute atomic E-state index is 12.4. The van der Waals surface area contributed by atoms with Crippen molar-refractivity contribution in [3.05, 3.63) is 53.1 Å². The second kappa shape index (κ2) is 8.70. The van der Waals surface area contributed by atoms with Gasteiger partial charge in [-0.25, -0.2) is 4.79 Å². The second-order valence-corrected chi connectivity index (χ2v) is 9.80. The maximum Gasteiger partial charge on any atom is 0.410 e. The van der Waals surface area contributed by atoms with Crippen LogP contribution in [0.3, 0.4) is 0 Å². The number of piperazine rings is 1. The molecular formula is C24H32N2O2S. The van der Waals surface area contributed by atoms with Crippen molar-refractivity contribution >= 4 is 23.5 Å². The highest BCUT2D eigenvalue weighted by Gasteiger charge is 2.27. The molecular weight excluding hydrogens is 380 g/mol. The molecule has 0 spiro atoms. The number of hydrogen-bond acceptors (Lipinski definition) is 4. The normalized spacial score (nSPS) is 14.8. The summed E-state index contributed by atoms with van der Waals surface area (Å²) in [4.78, 5) is 19.2. The van der Waals surface area contributed by atoms with Gasteiger partial charge in [0.05, 0.1) is 5.69 Å². The highest BCUT2D eigenvalue weighted by Crippen LogP contribution is 2.39. The Bertz CT molecular complexity index is 881. The zero-order valence-corrected chi connectivity index (χ0v) is 19.2. The number of carbonyl (C=O) groups excluding carboxylic acids is 1. The molecule has 0 bridgehead atoms. The molecule has 0 atom stereocenters. The Balaban J connectivity index is 1.75. The van der Waals surface area contributed by atoms with Crippen LogP contribution in [0.2, 0.25) is 0 Å². The second-order valence-electron chi connectivity index (χ2n) is 8.75. The molecule has 1 fully saturated rings. The zero-order chi connectivity index (χ0) is 21.2. The highest BCUT2D eigenvalue weighted by atomic mass is 32.2. The van der Waals surface area contributed by atoms with E-state index in [1.165, 1.54) is 32.2 Å². The lowest BCUT2D eigenvalue weighted by Gasteiger charge is -2.37. The molecule has 1 aliphatic heterocycles. The number of amides is 1. The maximum atomic E-state index is 12.4. The third-order valence-electron chi connectivity index (χ3n) is 5.01. The molecule has 1 saturated heterocycles. The Morgan fingerprint density at radius 3 is 2.28 bits per heavy atom. The molecule has 2 aromatic carbocycles. The minimum Gasteiger partial charge on any atom is -0.444 e. The van der Waals surface area contributed by atoms with Crippen LogP contribution in [0, 0.1) is 20.8 Å². The van der Waals surface area contributed by atoms with Crippen LogP contribution in [0.5, 0.6) is 0 Å². The third kappa shape index (κ3) is 5.47. The molecule has 2 aromatic rings. The molecule has 0 aromatic heterocycles. The van der Waals surface area contributed by atoms with Crippen molar-refractivity contribution in [3.8, 4) is 0 Å². The van der Waals surface area contributed by atoms with E-state index in [1.54, 1.807) is 0 Å². The molecule has 0 aliphatic carbocycles. The molecule has 156 valence electrons. The van der Waals surface area contributed by atoms with Gasteiger partial charge in [-0.3, -0.25) is 0 Å². The Hall–Kier alpha value is -2.14. The molecule has 0 radical (unpaired) electrons. The van der Waals surface area contributed by atoms with E-state index in [0.717, 1.165) is 13.1 Å². The molecule has 1 heterocycles. The van der Waals surface area contributed by atoms with E-state index in [4.69, 9.17) is 4.74 Å². The van der Waals surface area contributed by atoms with E-state index in [-0.39, 0.29) is 6.09 Å². The van der Waals surface area contributed by atoms with Crippen molar-refractivity contribution in [2.75, 3.05) is 31.1 Å².